The lowest BCUT2D eigenvalue weighted by molar-refractivity contribution is -0.155. The smallest absolute Gasteiger partial charge is 0.347 e. The summed E-state index contributed by atoms with van der Waals surface area (Å²) in [6.45, 7) is 5.44. The summed E-state index contributed by atoms with van der Waals surface area (Å²) in [5, 5.41) is 0.948. The SMILES string of the molecule is CC[C@@H](C)OC(=O)[C@@H](C)Oc1ccc2c3c(c(=O)oc2c1)CCC3. The van der Waals surface area contributed by atoms with Crippen LogP contribution in [-0.2, 0) is 22.4 Å². The average molecular weight is 330 g/mol. The summed E-state index contributed by atoms with van der Waals surface area (Å²) in [4.78, 5) is 24.0. The molecule has 0 unspecified atom stereocenters. The summed E-state index contributed by atoms with van der Waals surface area (Å²) >= 11 is 0. The van der Waals surface area contributed by atoms with Crippen molar-refractivity contribution in [2.24, 2.45) is 0 Å². The van der Waals surface area contributed by atoms with E-state index in [0.29, 0.717) is 11.3 Å². The van der Waals surface area contributed by atoms with E-state index in [4.69, 9.17) is 13.9 Å². The van der Waals surface area contributed by atoms with Crippen molar-refractivity contribution in [3.8, 4) is 5.75 Å². The van der Waals surface area contributed by atoms with Crippen molar-refractivity contribution < 1.29 is 18.7 Å². The second-order valence-electron chi connectivity index (χ2n) is 6.27. The molecule has 0 saturated carbocycles. The molecule has 0 radical (unpaired) electrons. The first-order valence-electron chi connectivity index (χ1n) is 8.45. The molecule has 24 heavy (non-hydrogen) atoms. The van der Waals surface area contributed by atoms with Crippen molar-refractivity contribution in [2.75, 3.05) is 0 Å². The highest BCUT2D eigenvalue weighted by Crippen LogP contribution is 2.29. The van der Waals surface area contributed by atoms with Crippen LogP contribution in [0, 0.1) is 0 Å². The molecule has 2 atom stereocenters. The van der Waals surface area contributed by atoms with E-state index < -0.39 is 12.1 Å². The average Bonchev–Trinajstić information content (AvgIpc) is 3.05. The monoisotopic (exact) mass is 330 g/mol. The molecule has 5 heteroatoms. The van der Waals surface area contributed by atoms with Crippen molar-refractivity contribution in [2.45, 2.75) is 58.7 Å². The van der Waals surface area contributed by atoms with E-state index >= 15 is 0 Å². The maximum absolute atomic E-state index is 12.0. The molecular weight excluding hydrogens is 308 g/mol. The molecule has 1 aromatic heterocycles. The minimum Gasteiger partial charge on any atom is -0.479 e. The first-order valence-corrected chi connectivity index (χ1v) is 8.45. The third kappa shape index (κ3) is 3.16. The van der Waals surface area contributed by atoms with Crippen LogP contribution in [0.25, 0.3) is 11.0 Å². The molecule has 0 saturated heterocycles. The zero-order chi connectivity index (χ0) is 17.3. The number of carbonyl (C=O) groups excluding carboxylic acids is 1. The number of hydrogen-bond acceptors (Lipinski definition) is 5. The van der Waals surface area contributed by atoms with Crippen molar-refractivity contribution >= 4 is 16.9 Å². The van der Waals surface area contributed by atoms with Crippen LogP contribution in [0.5, 0.6) is 5.75 Å². The molecular formula is C19H22O5. The van der Waals surface area contributed by atoms with Gasteiger partial charge in [-0.1, -0.05) is 6.92 Å². The fourth-order valence-corrected chi connectivity index (χ4v) is 2.97. The molecule has 3 rings (SSSR count). The van der Waals surface area contributed by atoms with Crippen LogP contribution in [0.2, 0.25) is 0 Å². The molecule has 5 nitrogen and oxygen atoms in total. The molecule has 128 valence electrons. The summed E-state index contributed by atoms with van der Waals surface area (Å²) < 4.78 is 16.3. The van der Waals surface area contributed by atoms with Gasteiger partial charge in [-0.2, -0.15) is 0 Å². The van der Waals surface area contributed by atoms with E-state index in [9.17, 15) is 9.59 Å². The standard InChI is InChI=1S/C19H22O5/c1-4-11(2)22-18(20)12(3)23-13-8-9-15-14-6-5-7-16(14)19(21)24-17(15)10-13/h8-12H,4-7H2,1-3H3/t11-,12-/m1/s1. The predicted molar refractivity (Wildman–Crippen MR) is 90.4 cm³/mol. The fraction of sp³-hybridized carbons (Fsp3) is 0.474. The van der Waals surface area contributed by atoms with Gasteiger partial charge in [0.25, 0.3) is 0 Å². The Morgan fingerprint density at radius 1 is 1.25 bits per heavy atom. The van der Waals surface area contributed by atoms with Gasteiger partial charge in [-0.25, -0.2) is 9.59 Å². The van der Waals surface area contributed by atoms with Crippen LogP contribution < -0.4 is 10.4 Å². The lowest BCUT2D eigenvalue weighted by Crippen LogP contribution is -2.29. The van der Waals surface area contributed by atoms with E-state index in [-0.39, 0.29) is 11.7 Å². The van der Waals surface area contributed by atoms with Gasteiger partial charge in [-0.15, -0.1) is 0 Å². The Morgan fingerprint density at radius 2 is 2.00 bits per heavy atom. The zero-order valence-electron chi connectivity index (χ0n) is 14.3. The number of fused-ring (bicyclic) bond motifs is 3. The van der Waals surface area contributed by atoms with Crippen molar-refractivity contribution in [1.29, 1.82) is 0 Å². The topological polar surface area (TPSA) is 65.7 Å². The Labute approximate surface area is 140 Å². The minimum atomic E-state index is -0.724. The van der Waals surface area contributed by atoms with Crippen LogP contribution in [0.4, 0.5) is 0 Å². The van der Waals surface area contributed by atoms with E-state index in [0.717, 1.165) is 42.2 Å². The molecule has 0 spiro atoms. The lowest BCUT2D eigenvalue weighted by Gasteiger charge is -2.17. The molecule has 1 heterocycles. The third-order valence-electron chi connectivity index (χ3n) is 4.48. The highest BCUT2D eigenvalue weighted by molar-refractivity contribution is 5.83. The number of ether oxygens (including phenoxy) is 2. The Hall–Kier alpha value is -2.30. The quantitative estimate of drug-likeness (QED) is 0.621. The van der Waals surface area contributed by atoms with Gasteiger partial charge in [0, 0.05) is 17.0 Å². The first kappa shape index (κ1) is 16.6. The second-order valence-corrected chi connectivity index (χ2v) is 6.27. The van der Waals surface area contributed by atoms with Gasteiger partial charge in [0.15, 0.2) is 6.10 Å². The van der Waals surface area contributed by atoms with Crippen molar-refractivity contribution in [3.05, 3.63) is 39.7 Å². The van der Waals surface area contributed by atoms with Gasteiger partial charge in [-0.3, -0.25) is 0 Å². The molecule has 0 bridgehead atoms. The number of hydrogen-bond donors (Lipinski definition) is 0. The number of benzene rings is 1. The van der Waals surface area contributed by atoms with E-state index in [1.54, 1.807) is 19.1 Å². The van der Waals surface area contributed by atoms with E-state index in [1.165, 1.54) is 0 Å². The van der Waals surface area contributed by atoms with Gasteiger partial charge in [0.1, 0.15) is 11.3 Å². The minimum absolute atomic E-state index is 0.138. The Bertz CT molecular complexity index is 820. The largest absolute Gasteiger partial charge is 0.479 e. The molecule has 0 N–H and O–H groups in total. The molecule has 1 aromatic carbocycles. The summed E-state index contributed by atoms with van der Waals surface area (Å²) in [6.07, 6.45) is 2.55. The lowest BCUT2D eigenvalue weighted by atomic mass is 10.1. The summed E-state index contributed by atoms with van der Waals surface area (Å²) in [6, 6.07) is 5.36. The van der Waals surface area contributed by atoms with Gasteiger partial charge in [0.2, 0.25) is 0 Å². The first-order chi connectivity index (χ1) is 11.5. The van der Waals surface area contributed by atoms with Crippen LogP contribution in [0.15, 0.2) is 27.4 Å². The normalized spacial score (nSPS) is 15.8. The van der Waals surface area contributed by atoms with Crippen molar-refractivity contribution in [1.82, 2.24) is 0 Å². The zero-order valence-corrected chi connectivity index (χ0v) is 14.3. The molecule has 1 aliphatic carbocycles. The Morgan fingerprint density at radius 3 is 2.75 bits per heavy atom. The van der Waals surface area contributed by atoms with E-state index in [2.05, 4.69) is 0 Å². The fourth-order valence-electron chi connectivity index (χ4n) is 2.97. The highest BCUT2D eigenvalue weighted by Gasteiger charge is 2.21. The van der Waals surface area contributed by atoms with Gasteiger partial charge >= 0.3 is 11.6 Å². The van der Waals surface area contributed by atoms with Gasteiger partial charge in [0.05, 0.1) is 6.10 Å². The van der Waals surface area contributed by atoms with Crippen LogP contribution >= 0.6 is 0 Å². The third-order valence-corrected chi connectivity index (χ3v) is 4.48. The van der Waals surface area contributed by atoms with E-state index in [1.807, 2.05) is 19.9 Å². The number of rotatable bonds is 5. The van der Waals surface area contributed by atoms with Gasteiger partial charge < -0.3 is 13.9 Å². The van der Waals surface area contributed by atoms with Crippen LogP contribution in [0.3, 0.4) is 0 Å². The van der Waals surface area contributed by atoms with Crippen molar-refractivity contribution in [3.63, 3.8) is 0 Å². The maximum atomic E-state index is 12.0. The predicted octanol–water partition coefficient (Wildman–Crippen LogP) is 3.39. The Balaban J connectivity index is 1.83. The number of aryl methyl sites for hydroxylation is 1. The van der Waals surface area contributed by atoms with Gasteiger partial charge in [-0.05, 0) is 57.2 Å². The molecule has 2 aromatic rings. The maximum Gasteiger partial charge on any atom is 0.347 e. The molecule has 0 amide bonds. The number of carbonyl (C=O) groups is 1. The van der Waals surface area contributed by atoms with Crippen LogP contribution in [-0.4, -0.2) is 18.2 Å². The number of esters is 1. The molecule has 1 aliphatic rings. The van der Waals surface area contributed by atoms with Crippen LogP contribution in [0.1, 0.15) is 44.7 Å². The molecule has 0 fully saturated rings. The summed E-state index contributed by atoms with van der Waals surface area (Å²) in [5.41, 5.74) is 2.11. The highest BCUT2D eigenvalue weighted by atomic mass is 16.6. The summed E-state index contributed by atoms with van der Waals surface area (Å²) in [7, 11) is 0. The summed E-state index contributed by atoms with van der Waals surface area (Å²) in [5.74, 6) is 0.0806. The Kier molecular flexibility index (Phi) is 4.60. The second kappa shape index (κ2) is 6.67. The molecule has 0 aliphatic heterocycles.